The van der Waals surface area contributed by atoms with Crippen LogP contribution in [0.15, 0.2) is 42.7 Å². The summed E-state index contributed by atoms with van der Waals surface area (Å²) in [5, 5.41) is 9.03. The zero-order valence-electron chi connectivity index (χ0n) is 16.8. The summed E-state index contributed by atoms with van der Waals surface area (Å²) >= 11 is 0. The van der Waals surface area contributed by atoms with Gasteiger partial charge < -0.3 is 4.90 Å². The molecule has 5 nitrogen and oxygen atoms in total. The van der Waals surface area contributed by atoms with E-state index in [1.165, 1.54) is 11.8 Å². The molecular formula is C23H23F2N3O2. The third-order valence-corrected chi connectivity index (χ3v) is 5.31. The molecule has 1 aromatic carbocycles. The average Bonchev–Trinajstić information content (AvgIpc) is 3.06. The number of pyridine rings is 1. The molecule has 0 N–H and O–H groups in total. The number of aromatic nitrogens is 1. The maximum Gasteiger partial charge on any atom is 0.268 e. The van der Waals surface area contributed by atoms with E-state index in [1.807, 2.05) is 31.2 Å². The Kier molecular flexibility index (Phi) is 6.56. The van der Waals surface area contributed by atoms with Gasteiger partial charge in [-0.1, -0.05) is 29.8 Å². The van der Waals surface area contributed by atoms with Gasteiger partial charge >= 0.3 is 0 Å². The third-order valence-electron chi connectivity index (χ3n) is 5.31. The Bertz CT molecular complexity index is 967. The van der Waals surface area contributed by atoms with Gasteiger partial charge in [0.15, 0.2) is 5.78 Å². The van der Waals surface area contributed by atoms with Crippen molar-refractivity contribution in [1.82, 2.24) is 9.88 Å². The Morgan fingerprint density at radius 1 is 1.20 bits per heavy atom. The first-order chi connectivity index (χ1) is 14.3. The summed E-state index contributed by atoms with van der Waals surface area (Å²) < 4.78 is 27.1. The number of carbonyl (C=O) groups is 2. The van der Waals surface area contributed by atoms with Crippen molar-refractivity contribution >= 4 is 11.7 Å². The summed E-state index contributed by atoms with van der Waals surface area (Å²) in [6, 6.07) is 10.4. The van der Waals surface area contributed by atoms with E-state index in [0.717, 1.165) is 22.4 Å². The summed E-state index contributed by atoms with van der Waals surface area (Å²) in [5.74, 6) is -3.89. The summed E-state index contributed by atoms with van der Waals surface area (Å²) in [7, 11) is 0. The van der Waals surface area contributed by atoms with E-state index < -0.39 is 30.8 Å². The molecule has 0 unspecified atom stereocenters. The molecule has 0 saturated carbocycles. The highest BCUT2D eigenvalue weighted by Gasteiger charge is 2.47. The minimum atomic E-state index is -3.06. The van der Waals surface area contributed by atoms with Crippen LogP contribution in [-0.2, 0) is 17.6 Å². The van der Waals surface area contributed by atoms with Crippen molar-refractivity contribution in [3.8, 4) is 6.07 Å². The lowest BCUT2D eigenvalue weighted by atomic mass is 9.97. The van der Waals surface area contributed by atoms with Crippen LogP contribution in [0.25, 0.3) is 0 Å². The van der Waals surface area contributed by atoms with Gasteiger partial charge in [0.05, 0.1) is 12.6 Å². The number of hydrogen-bond donors (Lipinski definition) is 0. The van der Waals surface area contributed by atoms with Gasteiger partial charge in [0, 0.05) is 37.2 Å². The second kappa shape index (κ2) is 9.12. The molecule has 0 aliphatic carbocycles. The van der Waals surface area contributed by atoms with Gasteiger partial charge in [-0.25, -0.2) is 8.78 Å². The standard InChI is InChI=1S/C23H23F2N3O2/c1-16-2-4-17(5-3-16)6-7-18-14-27-11-10-20(18)21(29)8-9-22(30)28-15-23(24,25)12-19(28)13-26/h2-5,10-11,14,19H,6-9,12,15H2,1H3/t19-/m0/s1. The van der Waals surface area contributed by atoms with Crippen molar-refractivity contribution in [3.63, 3.8) is 0 Å². The van der Waals surface area contributed by atoms with Gasteiger partial charge in [-0.05, 0) is 37.0 Å². The number of likely N-dealkylation sites (tertiary alicyclic amines) is 1. The van der Waals surface area contributed by atoms with Crippen LogP contribution in [0.3, 0.4) is 0 Å². The quantitative estimate of drug-likeness (QED) is 0.648. The molecular weight excluding hydrogens is 388 g/mol. The Balaban J connectivity index is 1.61. The zero-order valence-corrected chi connectivity index (χ0v) is 16.8. The lowest BCUT2D eigenvalue weighted by Crippen LogP contribution is -2.36. The number of amides is 1. The minimum absolute atomic E-state index is 0.0966. The molecule has 2 heterocycles. The van der Waals surface area contributed by atoms with Crippen LogP contribution in [0, 0.1) is 18.3 Å². The minimum Gasteiger partial charge on any atom is -0.320 e. The van der Waals surface area contributed by atoms with E-state index in [4.69, 9.17) is 5.26 Å². The first kappa shape index (κ1) is 21.6. The summed E-state index contributed by atoms with van der Waals surface area (Å²) in [6.45, 7) is 1.25. The number of ketones is 1. The van der Waals surface area contributed by atoms with Crippen LogP contribution in [-0.4, -0.2) is 40.1 Å². The van der Waals surface area contributed by atoms with Gasteiger partial charge in [-0.3, -0.25) is 14.6 Å². The second-order valence-corrected chi connectivity index (χ2v) is 7.67. The SMILES string of the molecule is Cc1ccc(CCc2cnccc2C(=O)CCC(=O)N2CC(F)(F)C[C@H]2C#N)cc1. The molecule has 1 amide bonds. The fourth-order valence-corrected chi connectivity index (χ4v) is 3.63. The van der Waals surface area contributed by atoms with Crippen LogP contribution in [0.5, 0.6) is 0 Å². The van der Waals surface area contributed by atoms with Gasteiger partial charge in [-0.2, -0.15) is 5.26 Å². The molecule has 3 rings (SSSR count). The van der Waals surface area contributed by atoms with E-state index in [2.05, 4.69) is 4.98 Å². The van der Waals surface area contributed by atoms with E-state index in [-0.39, 0.29) is 18.6 Å². The van der Waals surface area contributed by atoms with Crippen molar-refractivity contribution in [2.24, 2.45) is 0 Å². The van der Waals surface area contributed by atoms with Crippen molar-refractivity contribution in [2.45, 2.75) is 51.0 Å². The van der Waals surface area contributed by atoms with Crippen molar-refractivity contribution in [1.29, 1.82) is 5.26 Å². The number of aryl methyl sites for hydroxylation is 3. The fraction of sp³-hybridized carbons (Fsp3) is 0.391. The molecule has 1 aliphatic rings. The number of Topliss-reactive ketones (excluding diaryl/α,β-unsaturated/α-hetero) is 1. The number of carbonyl (C=O) groups excluding carboxylic acids is 2. The van der Waals surface area contributed by atoms with Gasteiger partial charge in [0.1, 0.15) is 6.04 Å². The Hall–Kier alpha value is -3.14. The Morgan fingerprint density at radius 3 is 2.63 bits per heavy atom. The monoisotopic (exact) mass is 411 g/mol. The number of rotatable bonds is 7. The zero-order chi connectivity index (χ0) is 21.7. The average molecular weight is 411 g/mol. The highest BCUT2D eigenvalue weighted by atomic mass is 19.3. The van der Waals surface area contributed by atoms with Crippen LogP contribution in [0.1, 0.15) is 46.3 Å². The van der Waals surface area contributed by atoms with Crippen molar-refractivity contribution in [2.75, 3.05) is 6.54 Å². The first-order valence-corrected chi connectivity index (χ1v) is 9.87. The highest BCUT2D eigenvalue weighted by molar-refractivity contribution is 5.99. The fourth-order valence-electron chi connectivity index (χ4n) is 3.63. The number of alkyl halides is 2. The summed E-state index contributed by atoms with van der Waals surface area (Å²) in [6.07, 6.45) is 3.59. The molecule has 0 bridgehead atoms. The molecule has 0 spiro atoms. The lowest BCUT2D eigenvalue weighted by molar-refractivity contribution is -0.132. The number of nitriles is 1. The van der Waals surface area contributed by atoms with E-state index in [0.29, 0.717) is 12.0 Å². The van der Waals surface area contributed by atoms with Gasteiger partial charge in [0.25, 0.3) is 5.92 Å². The number of hydrogen-bond acceptors (Lipinski definition) is 4. The maximum absolute atomic E-state index is 13.5. The topological polar surface area (TPSA) is 74.1 Å². The van der Waals surface area contributed by atoms with Gasteiger partial charge in [0.2, 0.25) is 5.91 Å². The molecule has 1 saturated heterocycles. The predicted octanol–water partition coefficient (Wildman–Crippen LogP) is 3.90. The molecule has 1 atom stereocenters. The van der Waals surface area contributed by atoms with Crippen molar-refractivity contribution < 1.29 is 18.4 Å². The summed E-state index contributed by atoms with van der Waals surface area (Å²) in [4.78, 5) is 30.0. The van der Waals surface area contributed by atoms with Crippen LogP contribution in [0.4, 0.5) is 8.78 Å². The maximum atomic E-state index is 13.5. The largest absolute Gasteiger partial charge is 0.320 e. The van der Waals surface area contributed by atoms with Gasteiger partial charge in [-0.15, -0.1) is 0 Å². The van der Waals surface area contributed by atoms with Crippen LogP contribution < -0.4 is 0 Å². The number of benzene rings is 1. The molecule has 7 heteroatoms. The first-order valence-electron chi connectivity index (χ1n) is 9.87. The predicted molar refractivity (Wildman–Crippen MR) is 107 cm³/mol. The number of nitrogens with zero attached hydrogens (tertiary/aromatic N) is 3. The van der Waals surface area contributed by atoms with Crippen LogP contribution >= 0.6 is 0 Å². The van der Waals surface area contributed by atoms with Crippen LogP contribution in [0.2, 0.25) is 0 Å². The van der Waals surface area contributed by atoms with E-state index in [1.54, 1.807) is 18.3 Å². The van der Waals surface area contributed by atoms with E-state index >= 15 is 0 Å². The second-order valence-electron chi connectivity index (χ2n) is 7.67. The highest BCUT2D eigenvalue weighted by Crippen LogP contribution is 2.32. The van der Waals surface area contributed by atoms with E-state index in [9.17, 15) is 18.4 Å². The third kappa shape index (κ3) is 5.26. The normalized spacial score (nSPS) is 17.5. The smallest absolute Gasteiger partial charge is 0.268 e. The number of halogens is 2. The Labute approximate surface area is 174 Å². The molecule has 30 heavy (non-hydrogen) atoms. The molecule has 156 valence electrons. The molecule has 1 fully saturated rings. The molecule has 1 aromatic heterocycles. The molecule has 0 radical (unpaired) electrons. The van der Waals surface area contributed by atoms with Crippen molar-refractivity contribution in [3.05, 3.63) is 65.0 Å². The lowest BCUT2D eigenvalue weighted by Gasteiger charge is -2.19. The Morgan fingerprint density at radius 2 is 1.93 bits per heavy atom. The molecule has 2 aromatic rings. The summed E-state index contributed by atoms with van der Waals surface area (Å²) in [5.41, 5.74) is 3.61. The molecule has 1 aliphatic heterocycles.